The van der Waals surface area contributed by atoms with E-state index in [1.807, 2.05) is 47.0 Å². The fourth-order valence-electron chi connectivity index (χ4n) is 7.08. The number of hydrogen-bond donors (Lipinski definition) is 0. The average Bonchev–Trinajstić information content (AvgIpc) is 3.00. The van der Waals surface area contributed by atoms with E-state index in [-0.39, 0.29) is 13.4 Å². The van der Waals surface area contributed by atoms with Gasteiger partial charge in [0, 0.05) is 39.2 Å². The van der Waals surface area contributed by atoms with Crippen molar-refractivity contribution in [3.8, 4) is 0 Å². The van der Waals surface area contributed by atoms with E-state index in [0.29, 0.717) is 0 Å². The second kappa shape index (κ2) is 8.33. The van der Waals surface area contributed by atoms with Gasteiger partial charge in [0.25, 0.3) is 0 Å². The minimum Gasteiger partial charge on any atom is -0.0911 e. The molecule has 0 atom stereocenters. The number of fused-ring (bicyclic) bond motifs is 10. The summed E-state index contributed by atoms with van der Waals surface area (Å²) >= 11 is 7.77. The van der Waals surface area contributed by atoms with E-state index >= 15 is 0 Å². The van der Waals surface area contributed by atoms with E-state index < -0.39 is 0 Å². The molecule has 0 unspecified atom stereocenters. The summed E-state index contributed by atoms with van der Waals surface area (Å²) in [5, 5.41) is 2.76. The Morgan fingerprint density at radius 3 is 1.52 bits per heavy atom. The third-order valence-electron chi connectivity index (χ3n) is 8.72. The molecule has 0 spiro atoms. The average molecular weight is 576 g/mol. The Hall–Kier alpha value is -2.89. The zero-order valence-electron chi connectivity index (χ0n) is 21.2. The SMILES string of the molecule is c1ccc2c(c1)Sc1cccc3c1B2c1cc2ccc4c(c2cc1S3)B1c2ccccc2Sc2cccc(c21)S4. The van der Waals surface area contributed by atoms with Crippen molar-refractivity contribution in [1.29, 1.82) is 0 Å². The Bertz CT molecular complexity index is 2090. The van der Waals surface area contributed by atoms with Gasteiger partial charge in [-0.3, -0.25) is 0 Å². The highest BCUT2D eigenvalue weighted by molar-refractivity contribution is 8.02. The number of rotatable bonds is 0. The zero-order valence-corrected chi connectivity index (χ0v) is 24.4. The summed E-state index contributed by atoms with van der Waals surface area (Å²) in [6.45, 7) is 0.551. The van der Waals surface area contributed by atoms with Crippen molar-refractivity contribution in [1.82, 2.24) is 0 Å². The molecule has 10 rings (SSSR count). The molecule has 6 aromatic rings. The lowest BCUT2D eigenvalue weighted by Gasteiger charge is -2.35. The highest BCUT2D eigenvalue weighted by Crippen LogP contribution is 2.42. The van der Waals surface area contributed by atoms with Crippen molar-refractivity contribution >= 4 is 104 Å². The van der Waals surface area contributed by atoms with Crippen LogP contribution >= 0.6 is 47.0 Å². The first-order valence-corrected chi connectivity index (χ1v) is 16.8. The van der Waals surface area contributed by atoms with E-state index in [2.05, 4.69) is 109 Å². The predicted octanol–water partition coefficient (Wildman–Crippen LogP) is 5.73. The molecule has 4 heterocycles. The highest BCUT2D eigenvalue weighted by atomic mass is 32.2. The van der Waals surface area contributed by atoms with Gasteiger partial charge in [0.1, 0.15) is 0 Å². The third kappa shape index (κ3) is 3.03. The summed E-state index contributed by atoms with van der Waals surface area (Å²) in [4.78, 5) is 11.2. The molecule has 0 radical (unpaired) electrons. The first-order chi connectivity index (χ1) is 19.8. The standard InChI is InChI=1S/C34H18B2S4/c1-3-9-24-21(7-1)35-23-17-19-15-16-30-32(20(19)18-31(23)40-27-12-5-11-26(37-24)33(27)35)36-22-8-2-4-10-25(22)38-28-13-6-14-29(39-30)34(28)36/h1-18H. The smallest absolute Gasteiger partial charge is 0.0911 e. The molecular formula is C34H18B2S4. The minimum atomic E-state index is 0.265. The van der Waals surface area contributed by atoms with Gasteiger partial charge in [-0.05, 0) is 75.7 Å². The lowest BCUT2D eigenvalue weighted by Crippen LogP contribution is -2.59. The summed E-state index contributed by atoms with van der Waals surface area (Å²) in [5.41, 5.74) is 8.81. The molecule has 0 aliphatic carbocycles. The van der Waals surface area contributed by atoms with Crippen molar-refractivity contribution in [3.05, 3.63) is 109 Å². The van der Waals surface area contributed by atoms with Crippen LogP contribution in [-0.4, -0.2) is 13.4 Å². The van der Waals surface area contributed by atoms with E-state index in [1.54, 1.807) is 0 Å². The van der Waals surface area contributed by atoms with Gasteiger partial charge in [-0.25, -0.2) is 0 Å². The van der Waals surface area contributed by atoms with Crippen LogP contribution in [0.1, 0.15) is 0 Å². The summed E-state index contributed by atoms with van der Waals surface area (Å²) in [6.07, 6.45) is 0. The van der Waals surface area contributed by atoms with Crippen LogP contribution in [0, 0.1) is 0 Å². The second-order valence-corrected chi connectivity index (χ2v) is 15.1. The molecule has 4 aliphatic heterocycles. The minimum absolute atomic E-state index is 0.265. The van der Waals surface area contributed by atoms with Crippen molar-refractivity contribution in [2.45, 2.75) is 39.2 Å². The summed E-state index contributed by atoms with van der Waals surface area (Å²) < 4.78 is 0. The molecular weight excluding hydrogens is 558 g/mol. The Labute approximate surface area is 250 Å². The molecule has 6 aromatic carbocycles. The lowest BCUT2D eigenvalue weighted by molar-refractivity contribution is 1.33. The largest absolute Gasteiger partial charge is 0.247 e. The van der Waals surface area contributed by atoms with Crippen molar-refractivity contribution < 1.29 is 0 Å². The van der Waals surface area contributed by atoms with Crippen molar-refractivity contribution in [2.75, 3.05) is 0 Å². The Kier molecular flexibility index (Phi) is 4.74. The molecule has 0 N–H and O–H groups in total. The van der Waals surface area contributed by atoms with Crippen molar-refractivity contribution in [2.24, 2.45) is 0 Å². The summed E-state index contributed by atoms with van der Waals surface area (Å²) in [5.74, 6) is 0. The molecule has 184 valence electrons. The topological polar surface area (TPSA) is 0 Å². The maximum absolute atomic E-state index is 2.53. The second-order valence-electron chi connectivity index (χ2n) is 10.8. The Morgan fingerprint density at radius 1 is 0.350 bits per heavy atom. The van der Waals surface area contributed by atoms with Gasteiger partial charge in [0.05, 0.1) is 0 Å². The van der Waals surface area contributed by atoms with Crippen molar-refractivity contribution in [3.63, 3.8) is 0 Å². The van der Waals surface area contributed by atoms with Crippen LogP contribution in [0.15, 0.2) is 148 Å². The highest BCUT2D eigenvalue weighted by Gasteiger charge is 2.41. The molecule has 40 heavy (non-hydrogen) atoms. The molecule has 0 nitrogen and oxygen atoms in total. The fraction of sp³-hybridized carbons (Fsp3) is 0. The van der Waals surface area contributed by atoms with Crippen LogP contribution in [0.2, 0.25) is 0 Å². The van der Waals surface area contributed by atoms with Gasteiger partial charge in [-0.15, -0.1) is 0 Å². The molecule has 0 saturated heterocycles. The van der Waals surface area contributed by atoms with Crippen LogP contribution in [-0.2, 0) is 0 Å². The van der Waals surface area contributed by atoms with E-state index in [9.17, 15) is 0 Å². The first kappa shape index (κ1) is 22.8. The van der Waals surface area contributed by atoms with E-state index in [4.69, 9.17) is 0 Å². The van der Waals surface area contributed by atoms with Crippen LogP contribution < -0.4 is 32.8 Å². The predicted molar refractivity (Wildman–Crippen MR) is 176 cm³/mol. The zero-order chi connectivity index (χ0) is 25.9. The summed E-state index contributed by atoms with van der Waals surface area (Å²) in [7, 11) is 0. The summed E-state index contributed by atoms with van der Waals surface area (Å²) in [6, 6.07) is 41.6. The maximum Gasteiger partial charge on any atom is 0.247 e. The van der Waals surface area contributed by atoms with E-state index in [0.717, 1.165) is 0 Å². The van der Waals surface area contributed by atoms with Gasteiger partial charge >= 0.3 is 0 Å². The molecule has 0 fully saturated rings. The number of hydrogen-bond acceptors (Lipinski definition) is 4. The molecule has 0 bridgehead atoms. The Morgan fingerprint density at radius 2 is 0.850 bits per heavy atom. The fourth-order valence-corrected chi connectivity index (χ4v) is 11.9. The van der Waals surface area contributed by atoms with Crippen LogP contribution in [0.4, 0.5) is 0 Å². The van der Waals surface area contributed by atoms with Crippen LogP contribution in [0.3, 0.4) is 0 Å². The molecule has 4 aliphatic rings. The van der Waals surface area contributed by atoms with Gasteiger partial charge in [-0.1, -0.05) is 124 Å². The monoisotopic (exact) mass is 576 g/mol. The number of benzene rings is 6. The molecule has 0 saturated carbocycles. The van der Waals surface area contributed by atoms with Crippen LogP contribution in [0.25, 0.3) is 10.8 Å². The molecule has 0 aromatic heterocycles. The lowest BCUT2D eigenvalue weighted by atomic mass is 9.35. The van der Waals surface area contributed by atoms with E-state index in [1.165, 1.54) is 82.7 Å². The van der Waals surface area contributed by atoms with Gasteiger partial charge < -0.3 is 0 Å². The maximum atomic E-state index is 2.53. The quantitative estimate of drug-likeness (QED) is 0.212. The third-order valence-corrected chi connectivity index (χ3v) is 13.4. The van der Waals surface area contributed by atoms with Gasteiger partial charge in [-0.2, -0.15) is 0 Å². The molecule has 6 heteroatoms. The van der Waals surface area contributed by atoms with Crippen LogP contribution in [0.5, 0.6) is 0 Å². The van der Waals surface area contributed by atoms with Gasteiger partial charge in [0.15, 0.2) is 0 Å². The molecule has 0 amide bonds. The Balaban J connectivity index is 1.26. The normalized spacial score (nSPS) is 15.0. The van der Waals surface area contributed by atoms with Gasteiger partial charge in [0.2, 0.25) is 13.4 Å². The first-order valence-electron chi connectivity index (χ1n) is 13.6.